The van der Waals surface area contributed by atoms with Crippen LogP contribution in [0.2, 0.25) is 0 Å². The maximum Gasteiger partial charge on any atom is 0.253 e. The van der Waals surface area contributed by atoms with Gasteiger partial charge in [-0.2, -0.15) is 0 Å². The summed E-state index contributed by atoms with van der Waals surface area (Å²) in [6.07, 6.45) is 2.09. The molecule has 0 unspecified atom stereocenters. The molecule has 0 saturated carbocycles. The van der Waals surface area contributed by atoms with Crippen molar-refractivity contribution in [2.75, 3.05) is 29.2 Å². The molecular weight excluding hydrogens is 458 g/mol. The van der Waals surface area contributed by atoms with Gasteiger partial charge in [0.1, 0.15) is 22.0 Å². The molecule has 0 radical (unpaired) electrons. The van der Waals surface area contributed by atoms with Crippen molar-refractivity contribution >= 4 is 38.9 Å². The molecule has 2 aromatic carbocycles. The topological polar surface area (TPSA) is 131 Å². The SMILES string of the molecule is Cc1cccc(C(=O)N[C@@H](CCS(C)(=O)=O)C(=O)Nc2ccc(NC(=O)[C@H]3CCCO3)cc2)c1. The summed E-state index contributed by atoms with van der Waals surface area (Å²) in [5.74, 6) is -1.48. The summed E-state index contributed by atoms with van der Waals surface area (Å²) in [6.45, 7) is 2.42. The van der Waals surface area contributed by atoms with Crippen LogP contribution >= 0.6 is 0 Å². The van der Waals surface area contributed by atoms with Crippen LogP contribution in [0.1, 0.15) is 35.2 Å². The highest BCUT2D eigenvalue weighted by molar-refractivity contribution is 7.90. The van der Waals surface area contributed by atoms with Gasteiger partial charge in [0.05, 0.1) is 5.75 Å². The molecule has 34 heavy (non-hydrogen) atoms. The second-order valence-electron chi connectivity index (χ2n) is 8.37. The third-order valence-electron chi connectivity index (χ3n) is 5.32. The molecule has 0 bridgehead atoms. The Morgan fingerprint density at radius 1 is 1.06 bits per heavy atom. The zero-order valence-corrected chi connectivity index (χ0v) is 20.0. The van der Waals surface area contributed by atoms with E-state index in [1.165, 1.54) is 0 Å². The number of rotatable bonds is 9. The highest BCUT2D eigenvalue weighted by atomic mass is 32.2. The molecule has 2 aromatic rings. The van der Waals surface area contributed by atoms with Gasteiger partial charge in [0.15, 0.2) is 0 Å². The summed E-state index contributed by atoms with van der Waals surface area (Å²) in [4.78, 5) is 37.7. The van der Waals surface area contributed by atoms with Crippen molar-refractivity contribution in [2.45, 2.75) is 38.3 Å². The lowest BCUT2D eigenvalue weighted by Crippen LogP contribution is -2.44. The van der Waals surface area contributed by atoms with Crippen LogP contribution in [0.4, 0.5) is 11.4 Å². The van der Waals surface area contributed by atoms with E-state index in [2.05, 4.69) is 16.0 Å². The summed E-state index contributed by atoms with van der Waals surface area (Å²) in [5, 5.41) is 8.10. The fourth-order valence-corrected chi connectivity index (χ4v) is 4.17. The summed E-state index contributed by atoms with van der Waals surface area (Å²) in [6, 6.07) is 12.3. The molecule has 3 rings (SSSR count). The number of carbonyl (C=O) groups excluding carboxylic acids is 3. The van der Waals surface area contributed by atoms with Crippen molar-refractivity contribution in [2.24, 2.45) is 0 Å². The van der Waals surface area contributed by atoms with E-state index in [9.17, 15) is 22.8 Å². The van der Waals surface area contributed by atoms with Gasteiger partial charge in [-0.05, 0) is 62.6 Å². The molecule has 0 spiro atoms. The molecular formula is C24H29N3O6S. The average molecular weight is 488 g/mol. The molecule has 3 N–H and O–H groups in total. The number of anilines is 2. The Hall–Kier alpha value is -3.24. The molecule has 1 aliphatic rings. The van der Waals surface area contributed by atoms with E-state index in [1.807, 2.05) is 13.0 Å². The van der Waals surface area contributed by atoms with Crippen LogP contribution in [0.5, 0.6) is 0 Å². The van der Waals surface area contributed by atoms with E-state index in [-0.39, 0.29) is 18.1 Å². The highest BCUT2D eigenvalue weighted by Gasteiger charge is 2.25. The van der Waals surface area contributed by atoms with Gasteiger partial charge in [-0.1, -0.05) is 17.7 Å². The Labute approximate surface area is 199 Å². The highest BCUT2D eigenvalue weighted by Crippen LogP contribution is 2.18. The van der Waals surface area contributed by atoms with Crippen LogP contribution in [0, 0.1) is 6.92 Å². The van der Waals surface area contributed by atoms with Crippen molar-refractivity contribution in [3.05, 3.63) is 59.7 Å². The summed E-state index contributed by atoms with van der Waals surface area (Å²) >= 11 is 0. The van der Waals surface area contributed by atoms with Gasteiger partial charge < -0.3 is 20.7 Å². The van der Waals surface area contributed by atoms with Crippen LogP contribution < -0.4 is 16.0 Å². The first-order valence-electron chi connectivity index (χ1n) is 11.0. The first-order valence-corrected chi connectivity index (χ1v) is 13.1. The fraction of sp³-hybridized carbons (Fsp3) is 0.375. The number of sulfone groups is 1. The maximum atomic E-state index is 12.9. The lowest BCUT2D eigenvalue weighted by atomic mass is 10.1. The third-order valence-corrected chi connectivity index (χ3v) is 6.30. The summed E-state index contributed by atoms with van der Waals surface area (Å²) in [7, 11) is -3.34. The largest absolute Gasteiger partial charge is 0.368 e. The predicted molar refractivity (Wildman–Crippen MR) is 129 cm³/mol. The normalized spacial score (nSPS) is 16.5. The second-order valence-corrected chi connectivity index (χ2v) is 10.6. The number of ether oxygens (including phenoxy) is 1. The number of carbonyl (C=O) groups is 3. The number of benzene rings is 2. The Balaban J connectivity index is 1.65. The average Bonchev–Trinajstić information content (AvgIpc) is 3.32. The van der Waals surface area contributed by atoms with E-state index >= 15 is 0 Å². The van der Waals surface area contributed by atoms with Gasteiger partial charge >= 0.3 is 0 Å². The minimum atomic E-state index is -3.34. The molecule has 0 aliphatic carbocycles. The fourth-order valence-electron chi connectivity index (χ4n) is 3.50. The number of nitrogens with one attached hydrogen (secondary N) is 3. The van der Waals surface area contributed by atoms with Crippen LogP contribution in [-0.4, -0.2) is 56.9 Å². The zero-order chi connectivity index (χ0) is 24.7. The van der Waals surface area contributed by atoms with Crippen molar-refractivity contribution < 1.29 is 27.5 Å². The van der Waals surface area contributed by atoms with E-state index in [0.29, 0.717) is 30.0 Å². The Kier molecular flexibility index (Phi) is 8.41. The molecule has 1 saturated heterocycles. The molecule has 10 heteroatoms. The van der Waals surface area contributed by atoms with E-state index in [0.717, 1.165) is 18.2 Å². The van der Waals surface area contributed by atoms with Gasteiger partial charge in [0.25, 0.3) is 11.8 Å². The van der Waals surface area contributed by atoms with Crippen LogP contribution in [0.3, 0.4) is 0 Å². The Bertz CT molecular complexity index is 1140. The Morgan fingerprint density at radius 2 is 1.74 bits per heavy atom. The van der Waals surface area contributed by atoms with Gasteiger partial charge in [-0.25, -0.2) is 8.42 Å². The van der Waals surface area contributed by atoms with Crippen molar-refractivity contribution in [3.63, 3.8) is 0 Å². The second kappa shape index (κ2) is 11.3. The van der Waals surface area contributed by atoms with Crippen LogP contribution in [-0.2, 0) is 24.2 Å². The minimum absolute atomic E-state index is 0.0717. The van der Waals surface area contributed by atoms with Gasteiger partial charge in [0.2, 0.25) is 5.91 Å². The number of aryl methyl sites for hydroxylation is 1. The quantitative estimate of drug-likeness (QED) is 0.497. The number of amides is 3. The van der Waals surface area contributed by atoms with Crippen LogP contribution in [0.15, 0.2) is 48.5 Å². The maximum absolute atomic E-state index is 12.9. The number of hydrogen-bond donors (Lipinski definition) is 3. The third kappa shape index (κ3) is 7.67. The van der Waals surface area contributed by atoms with Crippen molar-refractivity contribution in [1.29, 1.82) is 0 Å². The van der Waals surface area contributed by atoms with Crippen molar-refractivity contribution in [1.82, 2.24) is 5.32 Å². The molecule has 1 aliphatic heterocycles. The first kappa shape index (κ1) is 25.4. The zero-order valence-electron chi connectivity index (χ0n) is 19.2. The first-order chi connectivity index (χ1) is 16.1. The lowest BCUT2D eigenvalue weighted by Gasteiger charge is -2.19. The van der Waals surface area contributed by atoms with E-state index < -0.39 is 33.8 Å². The molecule has 2 atom stereocenters. The molecule has 3 amide bonds. The van der Waals surface area contributed by atoms with E-state index in [4.69, 9.17) is 4.74 Å². The van der Waals surface area contributed by atoms with Crippen molar-refractivity contribution in [3.8, 4) is 0 Å². The molecule has 1 heterocycles. The minimum Gasteiger partial charge on any atom is -0.368 e. The van der Waals surface area contributed by atoms with E-state index in [1.54, 1.807) is 42.5 Å². The monoisotopic (exact) mass is 487 g/mol. The lowest BCUT2D eigenvalue weighted by molar-refractivity contribution is -0.124. The number of hydrogen-bond acceptors (Lipinski definition) is 6. The molecule has 1 fully saturated rings. The van der Waals surface area contributed by atoms with Gasteiger partial charge in [-0.3, -0.25) is 14.4 Å². The van der Waals surface area contributed by atoms with Gasteiger partial charge in [-0.15, -0.1) is 0 Å². The van der Waals surface area contributed by atoms with Gasteiger partial charge in [0, 0.05) is 29.8 Å². The predicted octanol–water partition coefficient (Wildman–Crippen LogP) is 2.28. The smallest absolute Gasteiger partial charge is 0.253 e. The molecule has 182 valence electrons. The Morgan fingerprint density at radius 3 is 2.32 bits per heavy atom. The standard InChI is InChI=1S/C24H29N3O6S/c1-16-5-3-6-17(15-16)22(28)27-20(12-14-34(2,31)32)23(29)25-18-8-10-19(11-9-18)26-24(30)21-7-4-13-33-21/h3,5-6,8-11,15,20-21H,4,7,12-14H2,1-2H3,(H,25,29)(H,26,30)(H,27,28)/t20-,21+/m0/s1. The summed E-state index contributed by atoms with van der Waals surface area (Å²) < 4.78 is 28.7. The van der Waals surface area contributed by atoms with Crippen LogP contribution in [0.25, 0.3) is 0 Å². The summed E-state index contributed by atoms with van der Waals surface area (Å²) in [5.41, 5.74) is 2.26. The molecule has 0 aromatic heterocycles. The molecule has 9 nitrogen and oxygen atoms in total.